The number of hydrogen-bond donors (Lipinski definition) is 1. The quantitative estimate of drug-likeness (QED) is 0.518. The highest BCUT2D eigenvalue weighted by molar-refractivity contribution is 7.80. The van der Waals surface area contributed by atoms with Crippen molar-refractivity contribution in [1.82, 2.24) is 9.97 Å². The molecule has 1 rings (SSSR count). The molecule has 0 fully saturated rings. The van der Waals surface area contributed by atoms with Crippen LogP contribution in [0.1, 0.15) is 12.1 Å². The fraction of sp³-hybridized carbons (Fsp3) is 0.545. The Balaban J connectivity index is 2.19. The lowest BCUT2D eigenvalue weighted by molar-refractivity contribution is 0.0639. The van der Waals surface area contributed by atoms with Crippen LogP contribution in [0, 0.1) is 0 Å². The Morgan fingerprint density at radius 3 is 2.89 bits per heavy atom. The van der Waals surface area contributed by atoms with Crippen molar-refractivity contribution in [2.45, 2.75) is 6.42 Å². The number of nitrogens with zero attached hydrogens (tertiary/aromatic N) is 2. The molecule has 0 saturated heterocycles. The summed E-state index contributed by atoms with van der Waals surface area (Å²) in [6.07, 6.45) is 2.32. The minimum atomic E-state index is 0.227. The van der Waals surface area contributed by atoms with Gasteiger partial charge in [-0.25, -0.2) is 4.98 Å². The maximum atomic E-state index is 5.46. The second kappa shape index (κ2) is 8.73. The minimum absolute atomic E-state index is 0.227. The van der Waals surface area contributed by atoms with Crippen molar-refractivity contribution in [3.63, 3.8) is 0 Å². The summed E-state index contributed by atoms with van der Waals surface area (Å²) in [4.78, 5) is 8.25. The number of methoxy groups -OCH3 is 1. The molecule has 0 amide bonds. The standard InChI is InChI=1S/C11H17N3O3S/c1-15-7-8-16-5-2-6-17-11-13-4-3-9(14-11)10(12)18/h3-4H,2,5-8H2,1H3,(H2,12,18). The highest BCUT2D eigenvalue weighted by Crippen LogP contribution is 2.03. The number of ether oxygens (including phenoxy) is 3. The lowest BCUT2D eigenvalue weighted by Crippen LogP contribution is -2.13. The lowest BCUT2D eigenvalue weighted by Gasteiger charge is -2.06. The Bertz CT molecular complexity index is 376. The Morgan fingerprint density at radius 2 is 2.17 bits per heavy atom. The van der Waals surface area contributed by atoms with E-state index in [4.69, 9.17) is 32.2 Å². The van der Waals surface area contributed by atoms with Gasteiger partial charge >= 0.3 is 6.01 Å². The van der Waals surface area contributed by atoms with Gasteiger partial charge in [-0.2, -0.15) is 4.98 Å². The van der Waals surface area contributed by atoms with Gasteiger partial charge < -0.3 is 19.9 Å². The number of rotatable bonds is 9. The van der Waals surface area contributed by atoms with Crippen LogP contribution in [0.2, 0.25) is 0 Å². The second-order valence-corrected chi connectivity index (χ2v) is 3.84. The normalized spacial score (nSPS) is 10.3. The van der Waals surface area contributed by atoms with E-state index in [9.17, 15) is 0 Å². The molecule has 0 spiro atoms. The zero-order valence-electron chi connectivity index (χ0n) is 10.3. The number of hydrogen-bond acceptors (Lipinski definition) is 6. The maximum absolute atomic E-state index is 5.46. The van der Waals surface area contributed by atoms with Crippen molar-refractivity contribution in [2.24, 2.45) is 5.73 Å². The highest BCUT2D eigenvalue weighted by atomic mass is 32.1. The van der Waals surface area contributed by atoms with Gasteiger partial charge in [-0.05, 0) is 6.07 Å². The topological polar surface area (TPSA) is 79.5 Å². The van der Waals surface area contributed by atoms with E-state index in [0.717, 1.165) is 6.42 Å². The van der Waals surface area contributed by atoms with Crippen LogP contribution in [-0.2, 0) is 9.47 Å². The Labute approximate surface area is 111 Å². The molecule has 0 aliphatic heterocycles. The van der Waals surface area contributed by atoms with Crippen LogP contribution in [0.15, 0.2) is 12.3 Å². The number of nitrogens with two attached hydrogens (primary N) is 1. The number of thiocarbonyl (C=S) groups is 1. The van der Waals surface area contributed by atoms with E-state index in [1.54, 1.807) is 19.4 Å². The molecule has 2 N–H and O–H groups in total. The van der Waals surface area contributed by atoms with E-state index in [2.05, 4.69) is 9.97 Å². The molecule has 0 atom stereocenters. The third-order valence-corrected chi connectivity index (χ3v) is 2.19. The SMILES string of the molecule is COCCOCCCOc1nccc(C(N)=S)n1. The van der Waals surface area contributed by atoms with Crippen LogP contribution >= 0.6 is 12.2 Å². The summed E-state index contributed by atoms with van der Waals surface area (Å²) in [6, 6.07) is 1.92. The molecule has 18 heavy (non-hydrogen) atoms. The lowest BCUT2D eigenvalue weighted by atomic mass is 10.4. The largest absolute Gasteiger partial charge is 0.463 e. The van der Waals surface area contributed by atoms with Gasteiger partial charge in [0.1, 0.15) is 10.7 Å². The summed E-state index contributed by atoms with van der Waals surface area (Å²) in [6.45, 7) is 2.27. The summed E-state index contributed by atoms with van der Waals surface area (Å²) < 4.78 is 15.5. The van der Waals surface area contributed by atoms with E-state index in [0.29, 0.717) is 32.1 Å². The summed E-state index contributed by atoms with van der Waals surface area (Å²) >= 11 is 4.82. The summed E-state index contributed by atoms with van der Waals surface area (Å²) in [5, 5.41) is 0. The summed E-state index contributed by atoms with van der Waals surface area (Å²) in [5.74, 6) is 0. The maximum Gasteiger partial charge on any atom is 0.316 e. The van der Waals surface area contributed by atoms with E-state index >= 15 is 0 Å². The first kappa shape index (κ1) is 14.7. The highest BCUT2D eigenvalue weighted by Gasteiger charge is 2.02. The van der Waals surface area contributed by atoms with Gasteiger partial charge in [0.25, 0.3) is 0 Å². The van der Waals surface area contributed by atoms with Gasteiger partial charge in [0.15, 0.2) is 0 Å². The van der Waals surface area contributed by atoms with E-state index in [-0.39, 0.29) is 11.0 Å². The van der Waals surface area contributed by atoms with Gasteiger partial charge in [-0.3, -0.25) is 0 Å². The average molecular weight is 271 g/mol. The van der Waals surface area contributed by atoms with Crippen LogP contribution in [0.25, 0.3) is 0 Å². The molecule has 7 heteroatoms. The molecule has 0 aliphatic rings. The minimum Gasteiger partial charge on any atom is -0.463 e. The first-order chi connectivity index (χ1) is 8.74. The number of aromatic nitrogens is 2. The zero-order valence-corrected chi connectivity index (χ0v) is 11.1. The molecular weight excluding hydrogens is 254 g/mol. The molecule has 0 radical (unpaired) electrons. The Kier molecular flexibility index (Phi) is 7.16. The predicted molar refractivity (Wildman–Crippen MR) is 70.7 cm³/mol. The molecule has 1 aromatic rings. The molecule has 1 aromatic heterocycles. The fourth-order valence-electron chi connectivity index (χ4n) is 1.12. The van der Waals surface area contributed by atoms with E-state index in [1.807, 2.05) is 0 Å². The average Bonchev–Trinajstić information content (AvgIpc) is 2.38. The van der Waals surface area contributed by atoms with Crippen molar-refractivity contribution >= 4 is 17.2 Å². The summed E-state index contributed by atoms with van der Waals surface area (Å²) in [5.41, 5.74) is 5.97. The van der Waals surface area contributed by atoms with Crippen molar-refractivity contribution < 1.29 is 14.2 Å². The van der Waals surface area contributed by atoms with Gasteiger partial charge in [-0.15, -0.1) is 0 Å². The third kappa shape index (κ3) is 5.85. The monoisotopic (exact) mass is 271 g/mol. The van der Waals surface area contributed by atoms with Crippen LogP contribution < -0.4 is 10.5 Å². The van der Waals surface area contributed by atoms with Gasteiger partial charge in [0.05, 0.1) is 19.8 Å². The van der Waals surface area contributed by atoms with Crippen molar-refractivity contribution in [1.29, 1.82) is 0 Å². The fourth-order valence-corrected chi connectivity index (χ4v) is 1.23. The van der Waals surface area contributed by atoms with Crippen molar-refractivity contribution in [3.8, 4) is 6.01 Å². The molecule has 1 heterocycles. The van der Waals surface area contributed by atoms with E-state index < -0.39 is 0 Å². The molecule has 0 saturated carbocycles. The molecule has 100 valence electrons. The smallest absolute Gasteiger partial charge is 0.316 e. The molecule has 0 aliphatic carbocycles. The zero-order chi connectivity index (χ0) is 13.2. The van der Waals surface area contributed by atoms with E-state index in [1.165, 1.54) is 0 Å². The summed E-state index contributed by atoms with van der Waals surface area (Å²) in [7, 11) is 1.64. The first-order valence-corrected chi connectivity index (χ1v) is 5.97. The molecule has 0 unspecified atom stereocenters. The molecule has 0 aromatic carbocycles. The Hall–Kier alpha value is -1.31. The van der Waals surface area contributed by atoms with Gasteiger partial charge in [0.2, 0.25) is 0 Å². The molecule has 6 nitrogen and oxygen atoms in total. The predicted octanol–water partition coefficient (Wildman–Crippen LogP) is 0.543. The van der Waals surface area contributed by atoms with Gasteiger partial charge in [-0.1, -0.05) is 12.2 Å². The molecular formula is C11H17N3O3S. The van der Waals surface area contributed by atoms with Crippen LogP contribution in [-0.4, -0.2) is 48.5 Å². The third-order valence-electron chi connectivity index (χ3n) is 1.98. The van der Waals surface area contributed by atoms with Crippen molar-refractivity contribution in [2.75, 3.05) is 33.5 Å². The van der Waals surface area contributed by atoms with Crippen LogP contribution in [0.3, 0.4) is 0 Å². The van der Waals surface area contributed by atoms with Crippen molar-refractivity contribution in [3.05, 3.63) is 18.0 Å². The van der Waals surface area contributed by atoms with Crippen LogP contribution in [0.4, 0.5) is 0 Å². The molecule has 0 bridgehead atoms. The Morgan fingerprint density at radius 1 is 1.33 bits per heavy atom. The first-order valence-electron chi connectivity index (χ1n) is 5.56. The van der Waals surface area contributed by atoms with Crippen LogP contribution in [0.5, 0.6) is 6.01 Å². The second-order valence-electron chi connectivity index (χ2n) is 3.40. The van der Waals surface area contributed by atoms with Gasteiger partial charge in [0, 0.05) is 26.3 Å².